The molecule has 0 bridgehead atoms. The molecule has 2 fully saturated rings. The lowest BCUT2D eigenvalue weighted by atomic mass is 9.84. The maximum atomic E-state index is 9.56. The van der Waals surface area contributed by atoms with Crippen LogP contribution in [0.15, 0.2) is 4.99 Å². The molecule has 2 unspecified atom stereocenters. The Morgan fingerprint density at radius 1 is 1.16 bits per heavy atom. The average Bonchev–Trinajstić information content (AvgIpc) is 2.60. The number of aliphatic imine (C=N–C) groups is 1. The van der Waals surface area contributed by atoms with E-state index in [0.29, 0.717) is 6.04 Å². The lowest BCUT2D eigenvalue weighted by Crippen LogP contribution is -2.45. The zero-order valence-electron chi connectivity index (χ0n) is 16.2. The fourth-order valence-corrected chi connectivity index (χ4v) is 3.93. The first-order valence-electron chi connectivity index (χ1n) is 10.2. The van der Waals surface area contributed by atoms with Crippen LogP contribution >= 0.6 is 24.0 Å². The summed E-state index contributed by atoms with van der Waals surface area (Å²) in [5.41, 5.74) is 0. The second-order valence-electron chi connectivity index (χ2n) is 7.47. The van der Waals surface area contributed by atoms with E-state index in [-0.39, 0.29) is 30.1 Å². The quantitative estimate of drug-likeness (QED) is 0.234. The standard InChI is InChI=1S/C19H38N4O.HI/c1-3-16-7-5-8-17(15-16)22-19(20-4-2)21-11-6-12-23-13-9-18(24)10-14-23;/h16-18,24H,3-15H2,1-2H3,(H2,20,21,22);1H. The van der Waals surface area contributed by atoms with Crippen LogP contribution in [0.5, 0.6) is 0 Å². The highest BCUT2D eigenvalue weighted by atomic mass is 127. The van der Waals surface area contributed by atoms with Gasteiger partial charge in [0, 0.05) is 32.2 Å². The first kappa shape index (κ1) is 23.0. The zero-order chi connectivity index (χ0) is 17.2. The van der Waals surface area contributed by atoms with Crippen molar-refractivity contribution >= 4 is 29.9 Å². The van der Waals surface area contributed by atoms with Gasteiger partial charge >= 0.3 is 0 Å². The van der Waals surface area contributed by atoms with Crippen molar-refractivity contribution in [1.29, 1.82) is 0 Å². The molecule has 0 aromatic rings. The number of aliphatic hydroxyl groups excluding tert-OH is 1. The number of rotatable bonds is 7. The molecule has 5 nitrogen and oxygen atoms in total. The van der Waals surface area contributed by atoms with Crippen LogP contribution < -0.4 is 10.6 Å². The van der Waals surface area contributed by atoms with Crippen molar-refractivity contribution in [3.05, 3.63) is 0 Å². The van der Waals surface area contributed by atoms with Gasteiger partial charge in [-0.1, -0.05) is 26.2 Å². The highest BCUT2D eigenvalue weighted by molar-refractivity contribution is 14.0. The monoisotopic (exact) mass is 466 g/mol. The molecule has 0 spiro atoms. The fraction of sp³-hybridized carbons (Fsp3) is 0.947. The topological polar surface area (TPSA) is 59.9 Å². The van der Waals surface area contributed by atoms with Crippen molar-refractivity contribution in [3.63, 3.8) is 0 Å². The number of halogens is 1. The molecular formula is C19H39IN4O. The number of aliphatic hydroxyl groups is 1. The van der Waals surface area contributed by atoms with Crippen molar-refractivity contribution in [2.24, 2.45) is 10.9 Å². The van der Waals surface area contributed by atoms with Gasteiger partial charge in [0.1, 0.15) is 0 Å². The Hall–Kier alpha value is -0.0800. The molecule has 25 heavy (non-hydrogen) atoms. The first-order chi connectivity index (χ1) is 11.7. The molecule has 2 rings (SSSR count). The van der Waals surface area contributed by atoms with Gasteiger partial charge in [-0.3, -0.25) is 4.99 Å². The molecule has 1 aliphatic heterocycles. The predicted octanol–water partition coefficient (Wildman–Crippen LogP) is 2.98. The van der Waals surface area contributed by atoms with Crippen LogP contribution in [-0.2, 0) is 0 Å². The van der Waals surface area contributed by atoms with Crippen molar-refractivity contribution < 1.29 is 5.11 Å². The van der Waals surface area contributed by atoms with Crippen LogP contribution in [0.25, 0.3) is 0 Å². The van der Waals surface area contributed by atoms with Crippen LogP contribution in [0, 0.1) is 5.92 Å². The summed E-state index contributed by atoms with van der Waals surface area (Å²) in [6.45, 7) is 9.39. The van der Waals surface area contributed by atoms with E-state index in [1.165, 1.54) is 32.1 Å². The van der Waals surface area contributed by atoms with Gasteiger partial charge in [-0.2, -0.15) is 0 Å². The lowest BCUT2D eigenvalue weighted by Gasteiger charge is -2.30. The highest BCUT2D eigenvalue weighted by Crippen LogP contribution is 2.26. The van der Waals surface area contributed by atoms with Gasteiger partial charge in [-0.25, -0.2) is 0 Å². The largest absolute Gasteiger partial charge is 0.393 e. The molecule has 1 saturated heterocycles. The van der Waals surface area contributed by atoms with Crippen LogP contribution in [0.4, 0.5) is 0 Å². The maximum Gasteiger partial charge on any atom is 0.191 e. The van der Waals surface area contributed by atoms with Crippen molar-refractivity contribution in [3.8, 4) is 0 Å². The minimum Gasteiger partial charge on any atom is -0.393 e. The molecule has 1 aliphatic carbocycles. The van der Waals surface area contributed by atoms with E-state index in [1.807, 2.05) is 0 Å². The fourth-order valence-electron chi connectivity index (χ4n) is 3.93. The van der Waals surface area contributed by atoms with Crippen molar-refractivity contribution in [2.75, 3.05) is 32.7 Å². The lowest BCUT2D eigenvalue weighted by molar-refractivity contribution is 0.0824. The summed E-state index contributed by atoms with van der Waals surface area (Å²) in [4.78, 5) is 7.23. The van der Waals surface area contributed by atoms with Gasteiger partial charge < -0.3 is 20.6 Å². The van der Waals surface area contributed by atoms with Gasteiger partial charge in [0.15, 0.2) is 5.96 Å². The molecule has 6 heteroatoms. The molecule has 1 heterocycles. The summed E-state index contributed by atoms with van der Waals surface area (Å²) in [6.07, 6.45) is 9.47. The molecule has 3 N–H and O–H groups in total. The molecule has 148 valence electrons. The summed E-state index contributed by atoms with van der Waals surface area (Å²) in [5, 5.41) is 16.6. The molecule has 0 amide bonds. The molecule has 2 atom stereocenters. The minimum atomic E-state index is -0.0775. The Morgan fingerprint density at radius 2 is 1.92 bits per heavy atom. The van der Waals surface area contributed by atoms with Crippen LogP contribution in [-0.4, -0.2) is 60.8 Å². The average molecular weight is 466 g/mol. The van der Waals surface area contributed by atoms with Crippen molar-refractivity contribution in [1.82, 2.24) is 15.5 Å². The molecular weight excluding hydrogens is 427 g/mol. The number of guanidine groups is 1. The summed E-state index contributed by atoms with van der Waals surface area (Å²) in [7, 11) is 0. The van der Waals surface area contributed by atoms with E-state index in [2.05, 4.69) is 29.4 Å². The van der Waals surface area contributed by atoms with Gasteiger partial charge in [0.25, 0.3) is 0 Å². The Kier molecular flexibility index (Phi) is 12.1. The van der Waals surface area contributed by atoms with E-state index in [4.69, 9.17) is 4.99 Å². The number of piperidine rings is 1. The molecule has 0 radical (unpaired) electrons. The second-order valence-corrected chi connectivity index (χ2v) is 7.47. The van der Waals surface area contributed by atoms with Gasteiger partial charge in [0.2, 0.25) is 0 Å². The first-order valence-corrected chi connectivity index (χ1v) is 10.2. The van der Waals surface area contributed by atoms with Crippen LogP contribution in [0.1, 0.15) is 65.2 Å². The molecule has 2 aliphatic rings. The zero-order valence-corrected chi connectivity index (χ0v) is 18.5. The SMILES string of the molecule is CCNC(=NCCCN1CCC(O)CC1)NC1CCCC(CC)C1.I. The number of hydrogen-bond acceptors (Lipinski definition) is 3. The van der Waals surface area contributed by atoms with E-state index in [0.717, 1.165) is 63.9 Å². The van der Waals surface area contributed by atoms with E-state index in [9.17, 15) is 5.11 Å². The Morgan fingerprint density at radius 3 is 2.60 bits per heavy atom. The van der Waals surface area contributed by atoms with Gasteiger partial charge in [-0.05, 0) is 51.5 Å². The van der Waals surface area contributed by atoms with E-state index < -0.39 is 0 Å². The number of likely N-dealkylation sites (tertiary alicyclic amines) is 1. The maximum absolute atomic E-state index is 9.56. The van der Waals surface area contributed by atoms with Gasteiger partial charge in [0.05, 0.1) is 6.10 Å². The van der Waals surface area contributed by atoms with E-state index in [1.54, 1.807) is 0 Å². The third-order valence-electron chi connectivity index (χ3n) is 5.50. The molecule has 1 saturated carbocycles. The Labute approximate surface area is 171 Å². The van der Waals surface area contributed by atoms with E-state index >= 15 is 0 Å². The summed E-state index contributed by atoms with van der Waals surface area (Å²) >= 11 is 0. The smallest absolute Gasteiger partial charge is 0.191 e. The third kappa shape index (κ3) is 8.91. The number of hydrogen-bond donors (Lipinski definition) is 3. The minimum absolute atomic E-state index is 0. The summed E-state index contributed by atoms with van der Waals surface area (Å²) in [6, 6.07) is 0.588. The van der Waals surface area contributed by atoms with Crippen LogP contribution in [0.3, 0.4) is 0 Å². The normalized spacial score (nSPS) is 26.1. The Balaban J connectivity index is 0.00000312. The molecule has 0 aromatic carbocycles. The van der Waals surface area contributed by atoms with Crippen molar-refractivity contribution in [2.45, 2.75) is 77.4 Å². The summed E-state index contributed by atoms with van der Waals surface area (Å²) < 4.78 is 0. The molecule has 0 aromatic heterocycles. The summed E-state index contributed by atoms with van der Waals surface area (Å²) in [5.74, 6) is 1.88. The van der Waals surface area contributed by atoms with Crippen LogP contribution in [0.2, 0.25) is 0 Å². The predicted molar refractivity (Wildman–Crippen MR) is 117 cm³/mol. The Bertz CT molecular complexity index is 372. The third-order valence-corrected chi connectivity index (χ3v) is 5.50. The highest BCUT2D eigenvalue weighted by Gasteiger charge is 2.21. The van der Waals surface area contributed by atoms with Gasteiger partial charge in [-0.15, -0.1) is 24.0 Å². The number of nitrogens with zero attached hydrogens (tertiary/aromatic N) is 2. The second kappa shape index (κ2) is 13.1. The number of nitrogens with one attached hydrogen (secondary N) is 2.